The van der Waals surface area contributed by atoms with Crippen molar-refractivity contribution in [2.75, 3.05) is 39.8 Å². The van der Waals surface area contributed by atoms with Gasteiger partial charge in [-0.1, -0.05) is 194 Å². The third-order valence-electron chi connectivity index (χ3n) is 11.0. The van der Waals surface area contributed by atoms with Crippen molar-refractivity contribution < 1.29 is 9.53 Å². The standard InChI is InChI=1S/C46H91N5O2/c1-5-8-11-14-16-25-32-42-53-45(52)37-29-22-18-24-31-40-51(41-33-38-49-46(48-4)50-43-47)39-30-23-17-21-28-36-44(34-26-19-13-10-7-3)35-27-20-15-12-9-6-2/h44H,5-42H2,1-4H3,(H2,48,49,50). The van der Waals surface area contributed by atoms with Crippen LogP contribution in [-0.2, 0) is 9.53 Å². The van der Waals surface area contributed by atoms with Crippen molar-refractivity contribution in [2.24, 2.45) is 10.9 Å². The fourth-order valence-corrected chi connectivity index (χ4v) is 7.51. The Bertz CT molecular complexity index is 829. The fourth-order valence-electron chi connectivity index (χ4n) is 7.51. The SMILES string of the molecule is CCCCCCCCCOC(=O)CCCCCCCN(CCCCCCCC(CCCCCCC)CCCCCCCC)CCCNC(=NC)NC#N. The Hall–Kier alpha value is -1.81. The van der Waals surface area contributed by atoms with Crippen molar-refractivity contribution in [2.45, 2.75) is 233 Å². The van der Waals surface area contributed by atoms with Crippen LogP contribution in [0.1, 0.15) is 233 Å². The molecule has 0 aromatic carbocycles. The molecule has 1 atom stereocenters. The van der Waals surface area contributed by atoms with E-state index in [1.807, 2.05) is 6.19 Å². The minimum absolute atomic E-state index is 0.0113. The van der Waals surface area contributed by atoms with Gasteiger partial charge in [-0.15, -0.1) is 0 Å². The van der Waals surface area contributed by atoms with E-state index in [0.717, 1.165) is 51.2 Å². The third kappa shape index (κ3) is 38.3. The summed E-state index contributed by atoms with van der Waals surface area (Å²) in [6.07, 6.45) is 44.7. The number of carbonyl (C=O) groups excluding carboxylic acids is 1. The third-order valence-corrected chi connectivity index (χ3v) is 11.0. The highest BCUT2D eigenvalue weighted by Crippen LogP contribution is 2.25. The highest BCUT2D eigenvalue weighted by molar-refractivity contribution is 5.80. The monoisotopic (exact) mass is 746 g/mol. The van der Waals surface area contributed by atoms with Gasteiger partial charge in [-0.05, 0) is 57.7 Å². The number of nitrogens with one attached hydrogen (secondary N) is 2. The number of hydrogen-bond donors (Lipinski definition) is 2. The summed E-state index contributed by atoms with van der Waals surface area (Å²) < 4.78 is 5.46. The lowest BCUT2D eigenvalue weighted by Gasteiger charge is -2.22. The second-order valence-electron chi connectivity index (χ2n) is 16.0. The molecule has 53 heavy (non-hydrogen) atoms. The second-order valence-corrected chi connectivity index (χ2v) is 16.0. The van der Waals surface area contributed by atoms with Crippen molar-refractivity contribution in [3.63, 3.8) is 0 Å². The van der Waals surface area contributed by atoms with Crippen LogP contribution in [0.4, 0.5) is 0 Å². The van der Waals surface area contributed by atoms with E-state index in [1.54, 1.807) is 7.05 Å². The first-order valence-corrected chi connectivity index (χ1v) is 23.3. The summed E-state index contributed by atoms with van der Waals surface area (Å²) >= 11 is 0. The van der Waals surface area contributed by atoms with Gasteiger partial charge in [0.1, 0.15) is 0 Å². The van der Waals surface area contributed by atoms with Crippen LogP contribution >= 0.6 is 0 Å². The summed E-state index contributed by atoms with van der Waals surface area (Å²) in [6, 6.07) is 0. The summed E-state index contributed by atoms with van der Waals surface area (Å²) in [6.45, 7) is 11.7. The molecule has 0 fully saturated rings. The lowest BCUT2D eigenvalue weighted by Crippen LogP contribution is -2.36. The normalized spacial score (nSPS) is 12.3. The Morgan fingerprint density at radius 2 is 1.00 bits per heavy atom. The van der Waals surface area contributed by atoms with Gasteiger partial charge >= 0.3 is 5.97 Å². The van der Waals surface area contributed by atoms with Crippen molar-refractivity contribution >= 4 is 11.9 Å². The number of unbranched alkanes of at least 4 members (excludes halogenated alkanes) is 23. The maximum atomic E-state index is 12.1. The quantitative estimate of drug-likeness (QED) is 0.0162. The molecule has 7 heteroatoms. The second kappa shape index (κ2) is 42.9. The summed E-state index contributed by atoms with van der Waals surface area (Å²) in [7, 11) is 1.70. The summed E-state index contributed by atoms with van der Waals surface area (Å²) in [5.74, 6) is 1.50. The first kappa shape index (κ1) is 51.2. The van der Waals surface area contributed by atoms with Crippen LogP contribution < -0.4 is 10.6 Å². The lowest BCUT2D eigenvalue weighted by molar-refractivity contribution is -0.143. The van der Waals surface area contributed by atoms with Crippen molar-refractivity contribution in [1.29, 1.82) is 5.26 Å². The lowest BCUT2D eigenvalue weighted by atomic mass is 9.89. The van der Waals surface area contributed by atoms with Gasteiger partial charge in [0.25, 0.3) is 0 Å². The topological polar surface area (TPSA) is 89.8 Å². The Morgan fingerprint density at radius 1 is 0.585 bits per heavy atom. The van der Waals surface area contributed by atoms with Gasteiger partial charge in [0.2, 0.25) is 5.96 Å². The van der Waals surface area contributed by atoms with Crippen molar-refractivity contribution in [3.05, 3.63) is 0 Å². The zero-order chi connectivity index (χ0) is 38.7. The van der Waals surface area contributed by atoms with E-state index in [1.165, 1.54) is 186 Å². The minimum atomic E-state index is -0.0113. The Kier molecular flexibility index (Phi) is 41.5. The van der Waals surface area contributed by atoms with E-state index >= 15 is 0 Å². The molecule has 0 radical (unpaired) electrons. The average Bonchev–Trinajstić information content (AvgIpc) is 3.16. The molecule has 0 aliphatic rings. The molecule has 0 heterocycles. The predicted molar refractivity (Wildman–Crippen MR) is 230 cm³/mol. The molecule has 2 N–H and O–H groups in total. The highest BCUT2D eigenvalue weighted by Gasteiger charge is 2.10. The van der Waals surface area contributed by atoms with E-state index < -0.39 is 0 Å². The van der Waals surface area contributed by atoms with Gasteiger partial charge in [0.15, 0.2) is 6.19 Å². The predicted octanol–water partition coefficient (Wildman–Crippen LogP) is 13.0. The zero-order valence-corrected chi connectivity index (χ0v) is 36.1. The van der Waals surface area contributed by atoms with E-state index in [-0.39, 0.29) is 5.97 Å². The number of carbonyl (C=O) groups is 1. The number of rotatable bonds is 41. The Balaban J connectivity index is 4.36. The number of nitriles is 1. The number of hydrogen-bond acceptors (Lipinski definition) is 5. The summed E-state index contributed by atoms with van der Waals surface area (Å²) in [5, 5.41) is 14.8. The van der Waals surface area contributed by atoms with Crippen LogP contribution in [0.25, 0.3) is 0 Å². The van der Waals surface area contributed by atoms with Crippen LogP contribution in [0.3, 0.4) is 0 Å². The zero-order valence-electron chi connectivity index (χ0n) is 36.1. The Labute approximate surface area is 331 Å². The molecule has 1 unspecified atom stereocenters. The summed E-state index contributed by atoms with van der Waals surface area (Å²) in [4.78, 5) is 18.9. The largest absolute Gasteiger partial charge is 0.466 e. The highest BCUT2D eigenvalue weighted by atomic mass is 16.5. The molecular formula is C46H91N5O2. The first-order chi connectivity index (χ1) is 26.1. The maximum Gasteiger partial charge on any atom is 0.305 e. The molecule has 0 aliphatic heterocycles. The number of guanidine groups is 1. The number of aliphatic imine (C=N–C) groups is 1. The van der Waals surface area contributed by atoms with E-state index in [4.69, 9.17) is 10.00 Å². The maximum absolute atomic E-state index is 12.1. The van der Waals surface area contributed by atoms with E-state index in [0.29, 0.717) is 19.0 Å². The molecule has 0 saturated carbocycles. The molecule has 0 spiro atoms. The number of ether oxygens (including phenoxy) is 1. The molecular weight excluding hydrogens is 655 g/mol. The molecule has 0 bridgehead atoms. The molecule has 0 aliphatic carbocycles. The van der Waals surface area contributed by atoms with Crippen molar-refractivity contribution in [1.82, 2.24) is 15.5 Å². The number of esters is 1. The minimum Gasteiger partial charge on any atom is -0.466 e. The van der Waals surface area contributed by atoms with Gasteiger partial charge in [-0.25, -0.2) is 0 Å². The smallest absolute Gasteiger partial charge is 0.305 e. The van der Waals surface area contributed by atoms with Crippen LogP contribution in [0.2, 0.25) is 0 Å². The van der Waals surface area contributed by atoms with Crippen molar-refractivity contribution in [3.8, 4) is 6.19 Å². The van der Waals surface area contributed by atoms with Gasteiger partial charge in [0, 0.05) is 20.0 Å². The van der Waals surface area contributed by atoms with E-state index in [2.05, 4.69) is 41.3 Å². The van der Waals surface area contributed by atoms with Crippen LogP contribution in [-0.4, -0.2) is 56.7 Å². The molecule has 7 nitrogen and oxygen atoms in total. The van der Waals surface area contributed by atoms with Gasteiger partial charge in [0.05, 0.1) is 6.61 Å². The van der Waals surface area contributed by atoms with Gasteiger partial charge in [-0.2, -0.15) is 5.26 Å². The molecule has 312 valence electrons. The molecule has 0 aromatic heterocycles. The number of nitrogens with zero attached hydrogens (tertiary/aromatic N) is 3. The first-order valence-electron chi connectivity index (χ1n) is 23.3. The molecule has 0 amide bonds. The van der Waals surface area contributed by atoms with Gasteiger partial charge in [-0.3, -0.25) is 15.1 Å². The Morgan fingerprint density at radius 3 is 1.47 bits per heavy atom. The van der Waals surface area contributed by atoms with Gasteiger partial charge < -0.3 is 15.0 Å². The fraction of sp³-hybridized carbons (Fsp3) is 0.935. The molecule has 0 rings (SSSR count). The van der Waals surface area contributed by atoms with Crippen LogP contribution in [0.15, 0.2) is 4.99 Å². The molecule has 0 aromatic rings. The van der Waals surface area contributed by atoms with Crippen LogP contribution in [0.5, 0.6) is 0 Å². The van der Waals surface area contributed by atoms with Crippen LogP contribution in [0, 0.1) is 17.4 Å². The molecule has 0 saturated heterocycles. The summed E-state index contributed by atoms with van der Waals surface area (Å²) in [5.41, 5.74) is 0. The average molecular weight is 746 g/mol. The van der Waals surface area contributed by atoms with E-state index in [9.17, 15) is 4.79 Å².